The van der Waals surface area contributed by atoms with Crippen LogP contribution in [0.4, 0.5) is 5.82 Å². The predicted octanol–water partition coefficient (Wildman–Crippen LogP) is -1.35. The van der Waals surface area contributed by atoms with E-state index in [0.29, 0.717) is 5.82 Å². The Bertz CT molecular complexity index is 415. The molecule has 2 N–H and O–H groups in total. The van der Waals surface area contributed by atoms with Gasteiger partial charge in [0.05, 0.1) is 0 Å². The summed E-state index contributed by atoms with van der Waals surface area (Å²) < 4.78 is 1.57. The first-order chi connectivity index (χ1) is 6.65. The second-order valence-electron chi connectivity index (χ2n) is 2.72. The molecule has 0 spiro atoms. The van der Waals surface area contributed by atoms with Crippen molar-refractivity contribution < 1.29 is 9.59 Å². The molecular weight excluding hydrogens is 186 g/mol. The Labute approximate surface area is 78.8 Å². The van der Waals surface area contributed by atoms with Crippen LogP contribution in [0.15, 0.2) is 17.3 Å². The standard InChI is InChI=1S/C7H7N5O2/c1-12-3-2-4(11-12)8-7-9-5(13)6(14)10-7/h2-3H,1H3,(H2,8,9,10,11,13,14). The molecule has 72 valence electrons. The molecule has 0 unspecified atom stereocenters. The molecule has 0 aromatic carbocycles. The fourth-order valence-corrected chi connectivity index (χ4v) is 0.993. The van der Waals surface area contributed by atoms with Crippen molar-refractivity contribution in [2.24, 2.45) is 12.0 Å². The van der Waals surface area contributed by atoms with Gasteiger partial charge < -0.3 is 0 Å². The van der Waals surface area contributed by atoms with Crippen LogP contribution in [-0.2, 0) is 16.6 Å². The quantitative estimate of drug-likeness (QED) is 0.540. The number of carbonyl (C=O) groups excluding carboxylic acids is 2. The highest BCUT2D eigenvalue weighted by molar-refractivity contribution is 6.45. The van der Waals surface area contributed by atoms with Gasteiger partial charge in [0.1, 0.15) is 0 Å². The minimum atomic E-state index is -0.709. The van der Waals surface area contributed by atoms with Gasteiger partial charge in [0, 0.05) is 19.3 Å². The van der Waals surface area contributed by atoms with Crippen molar-refractivity contribution in [3.8, 4) is 0 Å². The van der Waals surface area contributed by atoms with Crippen LogP contribution in [0.5, 0.6) is 0 Å². The maximum absolute atomic E-state index is 10.8. The molecule has 2 amide bonds. The predicted molar refractivity (Wildman–Crippen MR) is 46.6 cm³/mol. The molecule has 0 aliphatic carbocycles. The first-order valence-electron chi connectivity index (χ1n) is 3.86. The Hall–Kier alpha value is -2.18. The smallest absolute Gasteiger partial charge is 0.288 e. The van der Waals surface area contributed by atoms with Crippen LogP contribution in [0, 0.1) is 0 Å². The van der Waals surface area contributed by atoms with E-state index in [1.54, 1.807) is 24.0 Å². The third-order valence-corrected chi connectivity index (χ3v) is 1.60. The molecule has 0 saturated carbocycles. The summed E-state index contributed by atoms with van der Waals surface area (Å²) in [5.74, 6) is -0.886. The van der Waals surface area contributed by atoms with Gasteiger partial charge in [-0.05, 0) is 0 Å². The number of carbonyl (C=O) groups is 2. The maximum atomic E-state index is 10.8. The number of hydrogen-bond donors (Lipinski definition) is 2. The highest BCUT2D eigenvalue weighted by atomic mass is 16.2. The van der Waals surface area contributed by atoms with Gasteiger partial charge in [-0.25, -0.2) is 0 Å². The molecular formula is C7H7N5O2. The molecule has 1 aliphatic rings. The Kier molecular flexibility index (Phi) is 1.77. The molecule has 1 aliphatic heterocycles. The summed E-state index contributed by atoms with van der Waals surface area (Å²) in [4.78, 5) is 25.4. The normalized spacial score (nSPS) is 15.4. The first kappa shape index (κ1) is 8.42. The highest BCUT2D eigenvalue weighted by Gasteiger charge is 2.25. The number of aliphatic imine (C=N–C) groups is 1. The zero-order valence-electron chi connectivity index (χ0n) is 7.31. The van der Waals surface area contributed by atoms with E-state index in [1.165, 1.54) is 0 Å². The van der Waals surface area contributed by atoms with Crippen LogP contribution in [-0.4, -0.2) is 27.6 Å². The summed E-state index contributed by atoms with van der Waals surface area (Å²) >= 11 is 0. The minimum absolute atomic E-state index is 0.110. The number of nitrogens with one attached hydrogen (secondary N) is 2. The fraction of sp³-hybridized carbons (Fsp3) is 0.143. The van der Waals surface area contributed by atoms with E-state index in [-0.39, 0.29) is 5.96 Å². The van der Waals surface area contributed by atoms with Crippen LogP contribution >= 0.6 is 0 Å². The van der Waals surface area contributed by atoms with Crippen molar-refractivity contribution in [3.63, 3.8) is 0 Å². The summed E-state index contributed by atoms with van der Waals surface area (Å²) in [6.07, 6.45) is 1.71. The number of rotatable bonds is 1. The van der Waals surface area contributed by atoms with Gasteiger partial charge in [-0.1, -0.05) is 0 Å². The van der Waals surface area contributed by atoms with Crippen molar-refractivity contribution >= 4 is 23.6 Å². The molecule has 7 heteroatoms. The Morgan fingerprint density at radius 1 is 1.36 bits per heavy atom. The second kappa shape index (κ2) is 2.95. The van der Waals surface area contributed by atoms with Crippen molar-refractivity contribution in [2.75, 3.05) is 0 Å². The van der Waals surface area contributed by atoms with Crippen LogP contribution in [0.1, 0.15) is 0 Å². The molecule has 1 fully saturated rings. The van der Waals surface area contributed by atoms with E-state index in [0.717, 1.165) is 0 Å². The first-order valence-corrected chi connectivity index (χ1v) is 3.86. The van der Waals surface area contributed by atoms with Gasteiger partial charge in [0.2, 0.25) is 5.96 Å². The molecule has 2 heterocycles. The summed E-state index contributed by atoms with van der Waals surface area (Å²) in [5.41, 5.74) is 0. The number of aromatic nitrogens is 2. The molecule has 1 aromatic rings. The van der Waals surface area contributed by atoms with Gasteiger partial charge in [-0.15, -0.1) is 0 Å². The number of nitrogens with zero attached hydrogens (tertiary/aromatic N) is 3. The largest absolute Gasteiger partial charge is 0.316 e. The van der Waals surface area contributed by atoms with Crippen LogP contribution in [0.3, 0.4) is 0 Å². The molecule has 0 atom stereocenters. The van der Waals surface area contributed by atoms with Gasteiger partial charge in [0.25, 0.3) is 0 Å². The van der Waals surface area contributed by atoms with E-state index in [1.807, 2.05) is 0 Å². The monoisotopic (exact) mass is 193 g/mol. The van der Waals surface area contributed by atoms with E-state index < -0.39 is 11.8 Å². The van der Waals surface area contributed by atoms with Gasteiger partial charge >= 0.3 is 11.8 Å². The third kappa shape index (κ3) is 1.47. The number of hydrogen-bond acceptors (Lipinski definition) is 4. The molecule has 0 radical (unpaired) electrons. The molecule has 14 heavy (non-hydrogen) atoms. The number of guanidine groups is 1. The van der Waals surface area contributed by atoms with Gasteiger partial charge in [-0.2, -0.15) is 10.1 Å². The van der Waals surface area contributed by atoms with Crippen LogP contribution in [0.25, 0.3) is 0 Å². The van der Waals surface area contributed by atoms with Crippen molar-refractivity contribution in [3.05, 3.63) is 12.3 Å². The lowest BCUT2D eigenvalue weighted by Crippen LogP contribution is -2.25. The molecule has 1 saturated heterocycles. The summed E-state index contributed by atoms with van der Waals surface area (Å²) in [6.45, 7) is 0. The molecule has 1 aromatic heterocycles. The number of amides is 2. The van der Waals surface area contributed by atoms with Crippen LogP contribution in [0.2, 0.25) is 0 Å². The molecule has 0 bridgehead atoms. The van der Waals surface area contributed by atoms with Gasteiger partial charge in [-0.3, -0.25) is 24.9 Å². The summed E-state index contributed by atoms with van der Waals surface area (Å²) in [7, 11) is 1.75. The average molecular weight is 193 g/mol. The zero-order valence-corrected chi connectivity index (χ0v) is 7.31. The zero-order chi connectivity index (χ0) is 10.1. The van der Waals surface area contributed by atoms with Crippen LogP contribution < -0.4 is 10.6 Å². The van der Waals surface area contributed by atoms with Crippen molar-refractivity contribution in [1.29, 1.82) is 0 Å². The van der Waals surface area contributed by atoms with Crippen molar-refractivity contribution in [1.82, 2.24) is 20.4 Å². The van der Waals surface area contributed by atoms with E-state index in [9.17, 15) is 9.59 Å². The fourth-order valence-electron chi connectivity index (χ4n) is 0.993. The van der Waals surface area contributed by atoms with E-state index >= 15 is 0 Å². The highest BCUT2D eigenvalue weighted by Crippen LogP contribution is 2.05. The lowest BCUT2D eigenvalue weighted by molar-refractivity contribution is -0.135. The average Bonchev–Trinajstić information content (AvgIpc) is 2.62. The lowest BCUT2D eigenvalue weighted by Gasteiger charge is -1.92. The topological polar surface area (TPSA) is 88.4 Å². The third-order valence-electron chi connectivity index (χ3n) is 1.60. The summed E-state index contributed by atoms with van der Waals surface area (Å²) in [6, 6.07) is 1.66. The minimum Gasteiger partial charge on any atom is -0.288 e. The van der Waals surface area contributed by atoms with E-state index in [4.69, 9.17) is 0 Å². The van der Waals surface area contributed by atoms with E-state index in [2.05, 4.69) is 20.7 Å². The maximum Gasteiger partial charge on any atom is 0.316 e. The lowest BCUT2D eigenvalue weighted by atomic mass is 10.6. The summed E-state index contributed by atoms with van der Waals surface area (Å²) in [5, 5.41) is 8.48. The molecule has 2 rings (SSSR count). The van der Waals surface area contributed by atoms with Gasteiger partial charge in [0.15, 0.2) is 5.82 Å². The SMILES string of the molecule is Cn1ccc(N=C2NC(=O)C(=O)N2)n1. The Morgan fingerprint density at radius 3 is 2.50 bits per heavy atom. The second-order valence-corrected chi connectivity index (χ2v) is 2.72. The molecule has 7 nitrogen and oxygen atoms in total. The number of aryl methyl sites for hydroxylation is 1. The Morgan fingerprint density at radius 2 is 2.00 bits per heavy atom. The Balaban J connectivity index is 2.21. The van der Waals surface area contributed by atoms with Crippen molar-refractivity contribution in [2.45, 2.75) is 0 Å².